The highest BCUT2D eigenvalue weighted by Crippen LogP contribution is 2.14. The maximum atomic E-state index is 12.4. The van der Waals surface area contributed by atoms with E-state index in [1.54, 1.807) is 55.8 Å². The molecule has 0 fully saturated rings. The topological polar surface area (TPSA) is 91.8 Å². The number of amides is 1. The molecule has 1 amide bonds. The van der Waals surface area contributed by atoms with Gasteiger partial charge in [0.1, 0.15) is 0 Å². The highest BCUT2D eigenvalue weighted by molar-refractivity contribution is 6.07. The molecule has 0 spiro atoms. The number of hydrogen-bond donors (Lipinski definition) is 2. The van der Waals surface area contributed by atoms with E-state index in [-0.39, 0.29) is 11.7 Å². The molecule has 0 aliphatic rings. The molecule has 1 aromatic carbocycles. The highest BCUT2D eigenvalue weighted by atomic mass is 16.4. The first-order chi connectivity index (χ1) is 9.63. The Morgan fingerprint density at radius 1 is 1.30 bits per heavy atom. The maximum absolute atomic E-state index is 12.4. The van der Waals surface area contributed by atoms with Crippen LogP contribution in [0.25, 0.3) is 0 Å². The van der Waals surface area contributed by atoms with E-state index in [0.29, 0.717) is 16.8 Å². The summed E-state index contributed by atoms with van der Waals surface area (Å²) >= 11 is 0. The zero-order valence-electron chi connectivity index (χ0n) is 10.9. The lowest BCUT2D eigenvalue weighted by atomic mass is 10.1. The van der Waals surface area contributed by atoms with E-state index in [4.69, 9.17) is 10.9 Å². The predicted octanol–water partition coefficient (Wildman–Crippen LogP) is 1.45. The third-order valence-electron chi connectivity index (χ3n) is 2.85. The van der Waals surface area contributed by atoms with Gasteiger partial charge < -0.3 is 15.8 Å². The number of pyridine rings is 1. The number of nitrogens with zero attached hydrogens (tertiary/aromatic N) is 3. The molecule has 2 rings (SSSR count). The lowest BCUT2D eigenvalue weighted by Crippen LogP contribution is -2.26. The molecule has 0 radical (unpaired) electrons. The second-order valence-corrected chi connectivity index (χ2v) is 4.14. The number of hydrogen-bond acceptors (Lipinski definition) is 4. The molecule has 102 valence electrons. The summed E-state index contributed by atoms with van der Waals surface area (Å²) in [6.45, 7) is 0. The Balaban J connectivity index is 2.30. The lowest BCUT2D eigenvalue weighted by Gasteiger charge is -2.17. The number of oxime groups is 1. The van der Waals surface area contributed by atoms with Gasteiger partial charge in [-0.15, -0.1) is 0 Å². The summed E-state index contributed by atoms with van der Waals surface area (Å²) in [5.41, 5.74) is 7.13. The van der Waals surface area contributed by atoms with E-state index >= 15 is 0 Å². The van der Waals surface area contributed by atoms with Crippen LogP contribution in [0.5, 0.6) is 0 Å². The summed E-state index contributed by atoms with van der Waals surface area (Å²) in [5.74, 6) is -0.241. The van der Waals surface area contributed by atoms with Gasteiger partial charge in [0.25, 0.3) is 5.91 Å². The molecule has 20 heavy (non-hydrogen) atoms. The van der Waals surface area contributed by atoms with Crippen molar-refractivity contribution >= 4 is 17.4 Å². The third kappa shape index (κ3) is 2.74. The molecule has 2 aromatic rings. The van der Waals surface area contributed by atoms with E-state index in [1.807, 2.05) is 0 Å². The monoisotopic (exact) mass is 270 g/mol. The van der Waals surface area contributed by atoms with E-state index in [2.05, 4.69) is 10.1 Å². The van der Waals surface area contributed by atoms with Crippen LogP contribution in [0.1, 0.15) is 15.9 Å². The summed E-state index contributed by atoms with van der Waals surface area (Å²) in [5, 5.41) is 11.6. The van der Waals surface area contributed by atoms with Crippen LogP contribution in [0.3, 0.4) is 0 Å². The van der Waals surface area contributed by atoms with Gasteiger partial charge in [0, 0.05) is 24.4 Å². The second kappa shape index (κ2) is 5.83. The van der Waals surface area contributed by atoms with Crippen molar-refractivity contribution in [3.63, 3.8) is 0 Å². The Kier molecular flexibility index (Phi) is 3.95. The predicted molar refractivity (Wildman–Crippen MR) is 75.9 cm³/mol. The summed E-state index contributed by atoms with van der Waals surface area (Å²) in [7, 11) is 1.66. The summed E-state index contributed by atoms with van der Waals surface area (Å²) in [6, 6.07) is 10.1. The van der Waals surface area contributed by atoms with Crippen LogP contribution < -0.4 is 10.6 Å². The third-order valence-corrected chi connectivity index (χ3v) is 2.85. The molecule has 0 aliphatic carbocycles. The van der Waals surface area contributed by atoms with E-state index in [9.17, 15) is 4.79 Å². The Morgan fingerprint density at radius 3 is 2.70 bits per heavy atom. The first kappa shape index (κ1) is 13.5. The van der Waals surface area contributed by atoms with Gasteiger partial charge >= 0.3 is 0 Å². The van der Waals surface area contributed by atoms with Crippen molar-refractivity contribution in [1.82, 2.24) is 4.98 Å². The van der Waals surface area contributed by atoms with Crippen LogP contribution in [-0.2, 0) is 0 Å². The second-order valence-electron chi connectivity index (χ2n) is 4.14. The van der Waals surface area contributed by atoms with Gasteiger partial charge in [-0.25, -0.2) is 0 Å². The zero-order chi connectivity index (χ0) is 14.5. The van der Waals surface area contributed by atoms with E-state index in [0.717, 1.165) is 0 Å². The molecule has 0 unspecified atom stereocenters. The van der Waals surface area contributed by atoms with Gasteiger partial charge in [-0.1, -0.05) is 17.3 Å². The van der Waals surface area contributed by atoms with Crippen molar-refractivity contribution in [3.05, 3.63) is 59.9 Å². The fourth-order valence-corrected chi connectivity index (χ4v) is 1.73. The molecule has 0 aliphatic heterocycles. The average Bonchev–Trinajstić information content (AvgIpc) is 2.53. The van der Waals surface area contributed by atoms with Gasteiger partial charge in [-0.2, -0.15) is 0 Å². The summed E-state index contributed by atoms with van der Waals surface area (Å²) in [6.07, 6.45) is 3.24. The lowest BCUT2D eigenvalue weighted by molar-refractivity contribution is 0.0993. The summed E-state index contributed by atoms with van der Waals surface area (Å²) in [4.78, 5) is 17.8. The van der Waals surface area contributed by atoms with Crippen molar-refractivity contribution < 1.29 is 10.0 Å². The fraction of sp³-hybridized carbons (Fsp3) is 0.0714. The summed E-state index contributed by atoms with van der Waals surface area (Å²) < 4.78 is 0. The Morgan fingerprint density at radius 2 is 2.05 bits per heavy atom. The van der Waals surface area contributed by atoms with Crippen molar-refractivity contribution in [2.45, 2.75) is 0 Å². The zero-order valence-corrected chi connectivity index (χ0v) is 10.9. The fourth-order valence-electron chi connectivity index (χ4n) is 1.73. The number of anilines is 1. The van der Waals surface area contributed by atoms with Crippen LogP contribution in [0.15, 0.2) is 53.9 Å². The molecule has 0 saturated heterocycles. The van der Waals surface area contributed by atoms with E-state index in [1.165, 1.54) is 4.90 Å². The van der Waals surface area contributed by atoms with Crippen molar-refractivity contribution in [1.29, 1.82) is 0 Å². The minimum absolute atomic E-state index is 0.0383. The minimum Gasteiger partial charge on any atom is -0.409 e. The number of carbonyl (C=O) groups excluding carboxylic acids is 1. The van der Waals surface area contributed by atoms with Crippen molar-refractivity contribution in [3.8, 4) is 0 Å². The minimum atomic E-state index is -0.203. The number of nitrogens with two attached hydrogens (primary N) is 1. The van der Waals surface area contributed by atoms with Crippen LogP contribution in [0.4, 0.5) is 5.69 Å². The van der Waals surface area contributed by atoms with Gasteiger partial charge in [-0.3, -0.25) is 9.78 Å². The van der Waals surface area contributed by atoms with E-state index < -0.39 is 0 Å². The first-order valence-electron chi connectivity index (χ1n) is 5.89. The largest absolute Gasteiger partial charge is 0.409 e. The quantitative estimate of drug-likeness (QED) is 0.382. The number of rotatable bonds is 3. The van der Waals surface area contributed by atoms with Crippen LogP contribution >= 0.6 is 0 Å². The molecule has 1 heterocycles. The molecular weight excluding hydrogens is 256 g/mol. The van der Waals surface area contributed by atoms with Crippen molar-refractivity contribution in [2.75, 3.05) is 11.9 Å². The molecule has 6 nitrogen and oxygen atoms in total. The Labute approximate surface area is 116 Å². The Hall–Kier alpha value is -2.89. The molecule has 0 saturated carbocycles. The highest BCUT2D eigenvalue weighted by Gasteiger charge is 2.14. The number of amidine groups is 1. The number of carbonyl (C=O) groups is 1. The first-order valence-corrected chi connectivity index (χ1v) is 5.89. The standard InChI is InChI=1S/C14H14N4O2/c1-18(12-6-3-7-16-9-12)14(19)11-5-2-4-10(8-11)13(15)17-20/h2-9,20H,1H3,(H2,15,17). The van der Waals surface area contributed by atoms with Gasteiger partial charge in [-0.05, 0) is 24.3 Å². The number of aromatic nitrogens is 1. The molecular formula is C14H14N4O2. The van der Waals surface area contributed by atoms with Gasteiger partial charge in [0.05, 0.1) is 11.9 Å². The Bertz CT molecular complexity index is 641. The maximum Gasteiger partial charge on any atom is 0.258 e. The average molecular weight is 270 g/mol. The van der Waals surface area contributed by atoms with Crippen LogP contribution in [0, 0.1) is 0 Å². The molecule has 6 heteroatoms. The van der Waals surface area contributed by atoms with Gasteiger partial charge in [0.2, 0.25) is 0 Å². The molecule has 1 aromatic heterocycles. The molecule has 0 atom stereocenters. The SMILES string of the molecule is CN(C(=O)c1cccc(C(N)=NO)c1)c1cccnc1. The van der Waals surface area contributed by atoms with Crippen molar-refractivity contribution in [2.24, 2.45) is 10.9 Å². The normalized spacial score (nSPS) is 11.2. The van der Waals surface area contributed by atoms with Crippen LogP contribution in [-0.4, -0.2) is 29.0 Å². The molecule has 3 N–H and O–H groups in total. The molecule has 0 bridgehead atoms. The van der Waals surface area contributed by atoms with Crippen LogP contribution in [0.2, 0.25) is 0 Å². The van der Waals surface area contributed by atoms with Gasteiger partial charge in [0.15, 0.2) is 5.84 Å². The number of benzene rings is 1. The smallest absolute Gasteiger partial charge is 0.258 e.